The highest BCUT2D eigenvalue weighted by molar-refractivity contribution is 9.10. The minimum Gasteiger partial charge on any atom is -0.331 e. The van der Waals surface area contributed by atoms with Crippen LogP contribution in [-0.2, 0) is 13.0 Å². The van der Waals surface area contributed by atoms with Crippen molar-refractivity contribution >= 4 is 39.2 Å². The van der Waals surface area contributed by atoms with Gasteiger partial charge in [-0.2, -0.15) is 0 Å². The molecule has 0 saturated heterocycles. The topological polar surface area (TPSA) is 20.7 Å². The number of H-pyrrole nitrogens is 1. The molecule has 0 spiro atoms. The van der Waals surface area contributed by atoms with Gasteiger partial charge in [0, 0.05) is 12.6 Å². The standard InChI is InChI=1S/C15H11BrF2N2S/c16-11-7-13-14(8-12(11)18)20(15(21)19-13)5-4-9-2-1-3-10(17)6-9/h1-3,6-8H,4-5H2,(H,19,21). The van der Waals surface area contributed by atoms with Crippen molar-refractivity contribution in [3.63, 3.8) is 0 Å². The molecule has 1 aromatic heterocycles. The van der Waals surface area contributed by atoms with E-state index in [-0.39, 0.29) is 11.6 Å². The number of nitrogens with zero attached hydrogens (tertiary/aromatic N) is 1. The first-order chi connectivity index (χ1) is 10.0. The van der Waals surface area contributed by atoms with Gasteiger partial charge in [-0.15, -0.1) is 0 Å². The molecule has 21 heavy (non-hydrogen) atoms. The smallest absolute Gasteiger partial charge is 0.178 e. The Morgan fingerprint density at radius 3 is 2.76 bits per heavy atom. The summed E-state index contributed by atoms with van der Waals surface area (Å²) in [7, 11) is 0. The Morgan fingerprint density at radius 2 is 2.00 bits per heavy atom. The van der Waals surface area contributed by atoms with Crippen LogP contribution >= 0.6 is 28.1 Å². The number of hydrogen-bond acceptors (Lipinski definition) is 1. The predicted octanol–water partition coefficient (Wildman–Crippen LogP) is 4.98. The zero-order chi connectivity index (χ0) is 15.0. The summed E-state index contributed by atoms with van der Waals surface area (Å²) in [5.74, 6) is -0.596. The van der Waals surface area contributed by atoms with Crippen LogP contribution in [0.25, 0.3) is 11.0 Å². The van der Waals surface area contributed by atoms with Gasteiger partial charge in [-0.25, -0.2) is 8.78 Å². The Hall–Kier alpha value is -1.53. The summed E-state index contributed by atoms with van der Waals surface area (Å²) < 4.78 is 29.6. The van der Waals surface area contributed by atoms with E-state index in [4.69, 9.17) is 12.2 Å². The van der Waals surface area contributed by atoms with Gasteiger partial charge >= 0.3 is 0 Å². The zero-order valence-corrected chi connectivity index (χ0v) is 13.3. The van der Waals surface area contributed by atoms with Gasteiger partial charge in [-0.3, -0.25) is 0 Å². The molecule has 3 aromatic rings. The van der Waals surface area contributed by atoms with E-state index in [0.29, 0.717) is 27.7 Å². The van der Waals surface area contributed by atoms with E-state index in [1.54, 1.807) is 12.1 Å². The van der Waals surface area contributed by atoms with Gasteiger partial charge in [0.15, 0.2) is 4.77 Å². The average molecular weight is 369 g/mol. The molecule has 0 bridgehead atoms. The second-order valence-corrected chi connectivity index (χ2v) is 5.99. The van der Waals surface area contributed by atoms with E-state index in [0.717, 1.165) is 11.1 Å². The van der Waals surface area contributed by atoms with Crippen LogP contribution < -0.4 is 0 Å². The van der Waals surface area contributed by atoms with Gasteiger partial charge in [0.05, 0.1) is 15.5 Å². The number of fused-ring (bicyclic) bond motifs is 1. The molecule has 0 unspecified atom stereocenters. The second-order valence-electron chi connectivity index (χ2n) is 4.75. The fourth-order valence-corrected chi connectivity index (χ4v) is 2.95. The molecular formula is C15H11BrF2N2S. The fraction of sp³-hybridized carbons (Fsp3) is 0.133. The number of aryl methyl sites for hydroxylation is 2. The van der Waals surface area contributed by atoms with Gasteiger partial charge in [-0.1, -0.05) is 12.1 Å². The van der Waals surface area contributed by atoms with Crippen molar-refractivity contribution < 1.29 is 8.78 Å². The summed E-state index contributed by atoms with van der Waals surface area (Å²) in [6, 6.07) is 9.55. The first kappa shape index (κ1) is 14.4. The molecule has 2 aromatic carbocycles. The van der Waals surface area contributed by atoms with E-state index in [1.165, 1.54) is 18.2 Å². The summed E-state index contributed by atoms with van der Waals surface area (Å²) in [6.45, 7) is 0.559. The van der Waals surface area contributed by atoms with Crippen LogP contribution in [0.2, 0.25) is 0 Å². The maximum atomic E-state index is 13.7. The molecule has 0 atom stereocenters. The van der Waals surface area contributed by atoms with Crippen molar-refractivity contribution in [2.45, 2.75) is 13.0 Å². The molecular weight excluding hydrogens is 358 g/mol. The van der Waals surface area contributed by atoms with E-state index >= 15 is 0 Å². The van der Waals surface area contributed by atoms with E-state index in [2.05, 4.69) is 20.9 Å². The molecule has 108 valence electrons. The maximum absolute atomic E-state index is 13.7. The van der Waals surface area contributed by atoms with Crippen molar-refractivity contribution in [1.82, 2.24) is 9.55 Å². The highest BCUT2D eigenvalue weighted by Crippen LogP contribution is 2.23. The van der Waals surface area contributed by atoms with Crippen LogP contribution in [-0.4, -0.2) is 9.55 Å². The quantitative estimate of drug-likeness (QED) is 0.646. The molecule has 0 aliphatic rings. The number of aromatic amines is 1. The lowest BCUT2D eigenvalue weighted by Gasteiger charge is -2.05. The number of rotatable bonds is 3. The molecule has 0 fully saturated rings. The summed E-state index contributed by atoms with van der Waals surface area (Å²) in [5.41, 5.74) is 2.36. The number of imidazole rings is 1. The van der Waals surface area contributed by atoms with Crippen molar-refractivity contribution in [2.75, 3.05) is 0 Å². The van der Waals surface area contributed by atoms with Gasteiger partial charge in [-0.05, 0) is 58.3 Å². The highest BCUT2D eigenvalue weighted by Gasteiger charge is 2.09. The van der Waals surface area contributed by atoms with Crippen molar-refractivity contribution in [3.05, 3.63) is 62.8 Å². The first-order valence-corrected chi connectivity index (χ1v) is 7.57. The minimum absolute atomic E-state index is 0.259. The van der Waals surface area contributed by atoms with Crippen LogP contribution in [0.15, 0.2) is 40.9 Å². The zero-order valence-electron chi connectivity index (χ0n) is 10.9. The molecule has 0 saturated carbocycles. The Bertz CT molecular complexity index is 870. The summed E-state index contributed by atoms with van der Waals surface area (Å²) in [5, 5.41) is 0. The molecule has 3 rings (SSSR count). The summed E-state index contributed by atoms with van der Waals surface area (Å²) in [6.07, 6.45) is 0.622. The molecule has 1 heterocycles. The van der Waals surface area contributed by atoms with Gasteiger partial charge in [0.25, 0.3) is 0 Å². The molecule has 0 amide bonds. The van der Waals surface area contributed by atoms with Crippen LogP contribution in [0.1, 0.15) is 5.56 Å². The van der Waals surface area contributed by atoms with Gasteiger partial charge in [0.1, 0.15) is 11.6 Å². The third-order valence-electron chi connectivity index (χ3n) is 3.33. The Morgan fingerprint density at radius 1 is 1.19 bits per heavy atom. The Labute approximate surface area is 133 Å². The fourth-order valence-electron chi connectivity index (χ4n) is 2.31. The van der Waals surface area contributed by atoms with Crippen molar-refractivity contribution in [1.29, 1.82) is 0 Å². The van der Waals surface area contributed by atoms with E-state index < -0.39 is 0 Å². The number of hydrogen-bond donors (Lipinski definition) is 1. The SMILES string of the molecule is Fc1cccc(CCn2c(=S)[nH]c3cc(Br)c(F)cc32)c1. The van der Waals surface area contributed by atoms with E-state index in [9.17, 15) is 8.78 Å². The lowest BCUT2D eigenvalue weighted by molar-refractivity contribution is 0.619. The monoisotopic (exact) mass is 368 g/mol. The largest absolute Gasteiger partial charge is 0.331 e. The third-order valence-corrected chi connectivity index (χ3v) is 4.26. The predicted molar refractivity (Wildman–Crippen MR) is 84.9 cm³/mol. The van der Waals surface area contributed by atoms with E-state index in [1.807, 2.05) is 10.6 Å². The molecule has 1 N–H and O–H groups in total. The number of benzene rings is 2. The van der Waals surface area contributed by atoms with Crippen LogP contribution in [0.4, 0.5) is 8.78 Å². The average Bonchev–Trinajstić information content (AvgIpc) is 2.72. The molecule has 2 nitrogen and oxygen atoms in total. The number of aromatic nitrogens is 2. The molecule has 6 heteroatoms. The first-order valence-electron chi connectivity index (χ1n) is 6.36. The third kappa shape index (κ3) is 2.91. The number of nitrogens with one attached hydrogen (secondary N) is 1. The normalized spacial score (nSPS) is 11.2. The number of halogens is 3. The van der Waals surface area contributed by atoms with Crippen LogP contribution in [0.3, 0.4) is 0 Å². The molecule has 0 aliphatic heterocycles. The van der Waals surface area contributed by atoms with Crippen LogP contribution in [0.5, 0.6) is 0 Å². The van der Waals surface area contributed by atoms with Crippen molar-refractivity contribution in [3.8, 4) is 0 Å². The lowest BCUT2D eigenvalue weighted by atomic mass is 10.1. The van der Waals surface area contributed by atoms with Gasteiger partial charge < -0.3 is 9.55 Å². The molecule has 0 aliphatic carbocycles. The maximum Gasteiger partial charge on any atom is 0.178 e. The molecule has 0 radical (unpaired) electrons. The Kier molecular flexibility index (Phi) is 3.91. The van der Waals surface area contributed by atoms with Gasteiger partial charge in [0.2, 0.25) is 0 Å². The minimum atomic E-state index is -0.337. The van der Waals surface area contributed by atoms with Crippen LogP contribution in [0, 0.1) is 16.4 Å². The lowest BCUT2D eigenvalue weighted by Crippen LogP contribution is -2.02. The van der Waals surface area contributed by atoms with Crippen molar-refractivity contribution in [2.24, 2.45) is 0 Å². The Balaban J connectivity index is 1.95. The summed E-state index contributed by atoms with van der Waals surface area (Å²) >= 11 is 8.43. The highest BCUT2D eigenvalue weighted by atomic mass is 79.9. The second kappa shape index (κ2) is 5.69. The summed E-state index contributed by atoms with van der Waals surface area (Å²) in [4.78, 5) is 3.05.